The highest BCUT2D eigenvalue weighted by molar-refractivity contribution is 5.79. The summed E-state index contributed by atoms with van der Waals surface area (Å²) in [6, 6.07) is 4.24. The van der Waals surface area contributed by atoms with Crippen molar-refractivity contribution in [2.24, 2.45) is 5.92 Å². The minimum absolute atomic E-state index is 0.00235. The van der Waals surface area contributed by atoms with E-state index in [1.807, 2.05) is 4.90 Å². The van der Waals surface area contributed by atoms with Gasteiger partial charge in [0.2, 0.25) is 5.91 Å². The first-order chi connectivity index (χ1) is 12.1. The quantitative estimate of drug-likeness (QED) is 0.842. The molecule has 2 aliphatic rings. The lowest BCUT2D eigenvalue weighted by molar-refractivity contribution is -0.138. The Hall–Kier alpha value is -2.24. The highest BCUT2D eigenvalue weighted by Crippen LogP contribution is 2.35. The molecule has 1 aromatic heterocycles. The fourth-order valence-corrected chi connectivity index (χ4v) is 4.42. The number of carbonyl (C=O) groups excluding carboxylic acids is 1. The van der Waals surface area contributed by atoms with Crippen LogP contribution < -0.4 is 5.56 Å². The molecule has 0 bridgehead atoms. The Bertz CT molecular complexity index is 861. The van der Waals surface area contributed by atoms with Gasteiger partial charge in [0.25, 0.3) is 5.56 Å². The molecule has 2 heterocycles. The Labute approximate surface area is 145 Å². The first kappa shape index (κ1) is 16.2. The molecule has 0 radical (unpaired) electrons. The largest absolute Gasteiger partial charge is 0.338 e. The maximum atomic E-state index is 13.3. The Morgan fingerprint density at radius 1 is 1.20 bits per heavy atom. The van der Waals surface area contributed by atoms with Crippen molar-refractivity contribution in [1.82, 2.24) is 14.5 Å². The van der Waals surface area contributed by atoms with Gasteiger partial charge in [0.1, 0.15) is 12.4 Å². The van der Waals surface area contributed by atoms with E-state index < -0.39 is 5.82 Å². The molecule has 25 heavy (non-hydrogen) atoms. The van der Waals surface area contributed by atoms with Gasteiger partial charge in [0, 0.05) is 18.7 Å². The standard InChI is InChI=1S/C19H22FN3O2/c20-14-7-8-15-16(10-14)21-12-22(19(15)25)11-18(24)23-9-3-5-13-4-1-2-6-17(13)23/h7-8,10,12-13,17H,1-6,9,11H2/t13-,17-/m0/s1. The van der Waals surface area contributed by atoms with Crippen LogP contribution in [0.2, 0.25) is 0 Å². The lowest BCUT2D eigenvalue weighted by Crippen LogP contribution is -2.51. The second-order valence-corrected chi connectivity index (χ2v) is 7.18. The van der Waals surface area contributed by atoms with E-state index in [2.05, 4.69) is 4.98 Å². The Morgan fingerprint density at radius 2 is 2.00 bits per heavy atom. The summed E-state index contributed by atoms with van der Waals surface area (Å²) in [6.45, 7) is 0.781. The lowest BCUT2D eigenvalue weighted by Gasteiger charge is -2.44. The molecule has 2 atom stereocenters. The number of piperidine rings is 1. The van der Waals surface area contributed by atoms with Crippen molar-refractivity contribution >= 4 is 16.8 Å². The number of nitrogens with zero attached hydrogens (tertiary/aromatic N) is 3. The van der Waals surface area contributed by atoms with Crippen LogP contribution in [0.4, 0.5) is 4.39 Å². The molecule has 1 aromatic carbocycles. The Kier molecular flexibility index (Phi) is 4.27. The van der Waals surface area contributed by atoms with E-state index in [0.29, 0.717) is 22.9 Å². The molecule has 1 saturated carbocycles. The minimum atomic E-state index is -0.426. The van der Waals surface area contributed by atoms with Crippen molar-refractivity contribution in [3.05, 3.63) is 40.7 Å². The van der Waals surface area contributed by atoms with Crippen LogP contribution in [0, 0.1) is 11.7 Å². The van der Waals surface area contributed by atoms with E-state index in [9.17, 15) is 14.0 Å². The van der Waals surface area contributed by atoms with E-state index in [4.69, 9.17) is 0 Å². The second kappa shape index (κ2) is 6.58. The summed E-state index contributed by atoms with van der Waals surface area (Å²) in [5.41, 5.74) is 0.0227. The zero-order valence-electron chi connectivity index (χ0n) is 14.2. The predicted octanol–water partition coefficient (Wildman–Crippen LogP) is 2.72. The molecule has 0 spiro atoms. The number of rotatable bonds is 2. The number of aromatic nitrogens is 2. The summed E-state index contributed by atoms with van der Waals surface area (Å²) in [7, 11) is 0. The fourth-order valence-electron chi connectivity index (χ4n) is 4.42. The number of carbonyl (C=O) groups is 1. The summed E-state index contributed by atoms with van der Waals surface area (Å²) in [6.07, 6.45) is 8.30. The zero-order chi connectivity index (χ0) is 17.4. The summed E-state index contributed by atoms with van der Waals surface area (Å²) < 4.78 is 14.6. The molecule has 1 aliphatic heterocycles. The van der Waals surface area contributed by atoms with Gasteiger partial charge < -0.3 is 4.90 Å². The van der Waals surface area contributed by atoms with Gasteiger partial charge in [-0.05, 0) is 43.7 Å². The van der Waals surface area contributed by atoms with Gasteiger partial charge in [-0.2, -0.15) is 0 Å². The van der Waals surface area contributed by atoms with Gasteiger partial charge in [0.05, 0.1) is 17.2 Å². The van der Waals surface area contributed by atoms with E-state index in [-0.39, 0.29) is 18.0 Å². The molecule has 6 heteroatoms. The molecule has 1 amide bonds. The van der Waals surface area contributed by atoms with Crippen LogP contribution in [0.5, 0.6) is 0 Å². The molecular weight excluding hydrogens is 321 g/mol. The van der Waals surface area contributed by atoms with Gasteiger partial charge in [0.15, 0.2) is 0 Å². The maximum Gasteiger partial charge on any atom is 0.261 e. The average Bonchev–Trinajstić information content (AvgIpc) is 2.63. The third kappa shape index (κ3) is 3.05. The molecule has 4 rings (SSSR count). The number of hydrogen-bond donors (Lipinski definition) is 0. The van der Waals surface area contributed by atoms with Gasteiger partial charge in [-0.3, -0.25) is 14.2 Å². The van der Waals surface area contributed by atoms with Crippen molar-refractivity contribution in [1.29, 1.82) is 0 Å². The Balaban J connectivity index is 1.58. The minimum Gasteiger partial charge on any atom is -0.338 e. The first-order valence-electron chi connectivity index (χ1n) is 9.07. The molecular formula is C19H22FN3O2. The van der Waals surface area contributed by atoms with Crippen LogP contribution in [0.25, 0.3) is 10.9 Å². The number of hydrogen-bond acceptors (Lipinski definition) is 3. The molecule has 1 aliphatic carbocycles. The lowest BCUT2D eigenvalue weighted by atomic mass is 9.78. The summed E-state index contributed by atoms with van der Waals surface area (Å²) in [5.74, 6) is 0.174. The van der Waals surface area contributed by atoms with E-state index in [0.717, 1.165) is 19.4 Å². The summed E-state index contributed by atoms with van der Waals surface area (Å²) >= 11 is 0. The van der Waals surface area contributed by atoms with Crippen LogP contribution in [-0.4, -0.2) is 32.9 Å². The van der Waals surface area contributed by atoms with E-state index >= 15 is 0 Å². The summed E-state index contributed by atoms with van der Waals surface area (Å²) in [4.78, 5) is 31.5. The molecule has 2 aromatic rings. The van der Waals surface area contributed by atoms with Crippen LogP contribution in [0.15, 0.2) is 29.3 Å². The van der Waals surface area contributed by atoms with E-state index in [1.165, 1.54) is 54.8 Å². The monoisotopic (exact) mass is 343 g/mol. The SMILES string of the molecule is O=C(Cn1cnc2cc(F)ccc2c1=O)N1CCC[C@@H]2CCCC[C@@H]21. The second-order valence-electron chi connectivity index (χ2n) is 7.18. The molecule has 1 saturated heterocycles. The third-order valence-corrected chi connectivity index (χ3v) is 5.66. The smallest absolute Gasteiger partial charge is 0.261 e. The van der Waals surface area contributed by atoms with Gasteiger partial charge in [-0.15, -0.1) is 0 Å². The summed E-state index contributed by atoms with van der Waals surface area (Å²) in [5, 5.41) is 0.339. The molecule has 132 valence electrons. The number of amides is 1. The van der Waals surface area contributed by atoms with Crippen molar-refractivity contribution < 1.29 is 9.18 Å². The topological polar surface area (TPSA) is 55.2 Å². The van der Waals surface area contributed by atoms with Crippen molar-refractivity contribution in [3.8, 4) is 0 Å². The zero-order valence-corrected chi connectivity index (χ0v) is 14.2. The third-order valence-electron chi connectivity index (χ3n) is 5.66. The van der Waals surface area contributed by atoms with Crippen LogP contribution in [0.3, 0.4) is 0 Å². The number of benzene rings is 1. The van der Waals surface area contributed by atoms with Crippen molar-refractivity contribution in [2.75, 3.05) is 6.54 Å². The van der Waals surface area contributed by atoms with Crippen molar-refractivity contribution in [2.45, 2.75) is 51.1 Å². The number of fused-ring (bicyclic) bond motifs is 2. The fraction of sp³-hybridized carbons (Fsp3) is 0.526. The number of halogens is 1. The average molecular weight is 343 g/mol. The van der Waals surface area contributed by atoms with Crippen LogP contribution in [-0.2, 0) is 11.3 Å². The Morgan fingerprint density at radius 3 is 2.88 bits per heavy atom. The first-order valence-corrected chi connectivity index (χ1v) is 9.07. The maximum absolute atomic E-state index is 13.3. The van der Waals surface area contributed by atoms with Crippen molar-refractivity contribution in [3.63, 3.8) is 0 Å². The molecule has 2 fully saturated rings. The highest BCUT2D eigenvalue weighted by atomic mass is 19.1. The molecule has 0 N–H and O–H groups in total. The number of likely N-dealkylation sites (tertiary alicyclic amines) is 1. The normalized spacial score (nSPS) is 23.5. The van der Waals surface area contributed by atoms with Crippen LogP contribution in [0.1, 0.15) is 38.5 Å². The van der Waals surface area contributed by atoms with E-state index in [1.54, 1.807) is 0 Å². The predicted molar refractivity (Wildman–Crippen MR) is 92.7 cm³/mol. The highest BCUT2D eigenvalue weighted by Gasteiger charge is 2.35. The van der Waals surface area contributed by atoms with Gasteiger partial charge in [-0.25, -0.2) is 9.37 Å². The van der Waals surface area contributed by atoms with Gasteiger partial charge in [-0.1, -0.05) is 12.8 Å². The molecule has 5 nitrogen and oxygen atoms in total. The van der Waals surface area contributed by atoms with Crippen LogP contribution >= 0.6 is 0 Å². The van der Waals surface area contributed by atoms with Gasteiger partial charge >= 0.3 is 0 Å². The molecule has 0 unspecified atom stereocenters.